The summed E-state index contributed by atoms with van der Waals surface area (Å²) in [6.45, 7) is 7.44. The predicted octanol–water partition coefficient (Wildman–Crippen LogP) is 2.09. The quantitative estimate of drug-likeness (QED) is 0.799. The summed E-state index contributed by atoms with van der Waals surface area (Å²) in [4.78, 5) is 2.47. The molecule has 0 spiro atoms. The van der Waals surface area contributed by atoms with E-state index in [9.17, 15) is 0 Å². The van der Waals surface area contributed by atoms with Crippen LogP contribution in [0.25, 0.3) is 0 Å². The zero-order chi connectivity index (χ0) is 10.8. The molecule has 1 aromatic rings. The van der Waals surface area contributed by atoms with Gasteiger partial charge < -0.3 is 10.6 Å². The van der Waals surface area contributed by atoms with Crippen molar-refractivity contribution in [2.24, 2.45) is 11.7 Å². The lowest BCUT2D eigenvalue weighted by Crippen LogP contribution is -2.23. The van der Waals surface area contributed by atoms with Gasteiger partial charge in [0.1, 0.15) is 0 Å². The lowest BCUT2D eigenvalue weighted by atomic mass is 10.1. The van der Waals surface area contributed by atoms with Crippen molar-refractivity contribution < 1.29 is 0 Å². The molecule has 1 aliphatic rings. The van der Waals surface area contributed by atoms with Crippen molar-refractivity contribution in [2.45, 2.75) is 20.3 Å². The molecule has 0 radical (unpaired) electrons. The van der Waals surface area contributed by atoms with Crippen LogP contribution in [0.2, 0.25) is 0 Å². The summed E-state index contributed by atoms with van der Waals surface area (Å²) in [5, 5.41) is 0. The standard InChI is InChI=1S/C13H20N2/c1-10-3-4-11(2)13(7-10)15-6-5-12(8-14)9-15/h3-4,7,12H,5-6,8-9,14H2,1-2H3. The van der Waals surface area contributed by atoms with E-state index in [2.05, 4.69) is 36.9 Å². The molecule has 0 saturated carbocycles. The molecule has 0 aliphatic carbocycles. The Morgan fingerprint density at radius 3 is 2.87 bits per heavy atom. The number of hydrogen-bond donors (Lipinski definition) is 1. The van der Waals surface area contributed by atoms with Gasteiger partial charge in [-0.1, -0.05) is 12.1 Å². The van der Waals surface area contributed by atoms with E-state index in [4.69, 9.17) is 5.73 Å². The summed E-state index contributed by atoms with van der Waals surface area (Å²) in [5.41, 5.74) is 9.82. The minimum Gasteiger partial charge on any atom is -0.371 e. The van der Waals surface area contributed by atoms with Gasteiger partial charge in [-0.25, -0.2) is 0 Å². The van der Waals surface area contributed by atoms with E-state index >= 15 is 0 Å². The third-order valence-corrected chi connectivity index (χ3v) is 3.32. The van der Waals surface area contributed by atoms with Gasteiger partial charge >= 0.3 is 0 Å². The molecule has 82 valence electrons. The van der Waals surface area contributed by atoms with E-state index in [1.807, 2.05) is 0 Å². The number of rotatable bonds is 2. The van der Waals surface area contributed by atoms with Gasteiger partial charge in [0.2, 0.25) is 0 Å². The first kappa shape index (κ1) is 10.5. The monoisotopic (exact) mass is 204 g/mol. The van der Waals surface area contributed by atoms with Crippen molar-refractivity contribution >= 4 is 5.69 Å². The number of aryl methyl sites for hydroxylation is 2. The summed E-state index contributed by atoms with van der Waals surface area (Å²) < 4.78 is 0. The van der Waals surface area contributed by atoms with Gasteiger partial charge in [-0.2, -0.15) is 0 Å². The lowest BCUT2D eigenvalue weighted by molar-refractivity contribution is 0.602. The van der Waals surface area contributed by atoms with Crippen LogP contribution in [0.4, 0.5) is 5.69 Å². The lowest BCUT2D eigenvalue weighted by Gasteiger charge is -2.21. The SMILES string of the molecule is Cc1ccc(C)c(N2CCC(CN)C2)c1. The summed E-state index contributed by atoms with van der Waals surface area (Å²) in [7, 11) is 0. The first-order chi connectivity index (χ1) is 7.20. The van der Waals surface area contributed by atoms with E-state index < -0.39 is 0 Å². The summed E-state index contributed by atoms with van der Waals surface area (Å²) in [5.74, 6) is 0.685. The normalized spacial score (nSPS) is 21.0. The fraction of sp³-hybridized carbons (Fsp3) is 0.538. The van der Waals surface area contributed by atoms with E-state index in [1.54, 1.807) is 0 Å². The van der Waals surface area contributed by atoms with Crippen molar-refractivity contribution in [1.29, 1.82) is 0 Å². The Balaban J connectivity index is 2.19. The van der Waals surface area contributed by atoms with Gasteiger partial charge in [0.15, 0.2) is 0 Å². The zero-order valence-electron chi connectivity index (χ0n) is 9.66. The van der Waals surface area contributed by atoms with Crippen LogP contribution in [0.5, 0.6) is 0 Å². The third-order valence-electron chi connectivity index (χ3n) is 3.32. The molecular weight excluding hydrogens is 184 g/mol. The number of hydrogen-bond acceptors (Lipinski definition) is 2. The van der Waals surface area contributed by atoms with Crippen molar-refractivity contribution in [2.75, 3.05) is 24.5 Å². The van der Waals surface area contributed by atoms with Gasteiger partial charge in [-0.15, -0.1) is 0 Å². The Bertz CT molecular complexity index is 346. The van der Waals surface area contributed by atoms with Crippen LogP contribution in [-0.2, 0) is 0 Å². The van der Waals surface area contributed by atoms with E-state index in [1.165, 1.54) is 23.2 Å². The zero-order valence-corrected chi connectivity index (χ0v) is 9.66. The highest BCUT2D eigenvalue weighted by molar-refractivity contribution is 5.55. The van der Waals surface area contributed by atoms with Crippen LogP contribution < -0.4 is 10.6 Å². The van der Waals surface area contributed by atoms with E-state index in [0.717, 1.165) is 19.6 Å². The molecule has 2 heteroatoms. The fourth-order valence-electron chi connectivity index (χ4n) is 2.30. The van der Waals surface area contributed by atoms with Gasteiger partial charge in [0, 0.05) is 18.8 Å². The van der Waals surface area contributed by atoms with E-state index in [-0.39, 0.29) is 0 Å². The topological polar surface area (TPSA) is 29.3 Å². The molecule has 0 bridgehead atoms. The number of nitrogens with two attached hydrogens (primary N) is 1. The molecule has 1 heterocycles. The molecule has 0 amide bonds. The molecule has 1 aromatic carbocycles. The molecule has 2 nitrogen and oxygen atoms in total. The third kappa shape index (κ3) is 2.15. The highest BCUT2D eigenvalue weighted by Gasteiger charge is 2.22. The Kier molecular flexibility index (Phi) is 2.96. The summed E-state index contributed by atoms with van der Waals surface area (Å²) >= 11 is 0. The maximum atomic E-state index is 5.72. The molecule has 2 rings (SSSR count). The Labute approximate surface area is 92.1 Å². The van der Waals surface area contributed by atoms with Crippen molar-refractivity contribution in [1.82, 2.24) is 0 Å². The largest absolute Gasteiger partial charge is 0.371 e. The summed E-state index contributed by atoms with van der Waals surface area (Å²) in [6.07, 6.45) is 1.24. The van der Waals surface area contributed by atoms with Gasteiger partial charge in [0.05, 0.1) is 0 Å². The maximum Gasteiger partial charge on any atom is 0.0398 e. The second kappa shape index (κ2) is 4.23. The second-order valence-electron chi connectivity index (χ2n) is 4.63. The minimum absolute atomic E-state index is 0.685. The van der Waals surface area contributed by atoms with Crippen LogP contribution in [-0.4, -0.2) is 19.6 Å². The molecule has 1 saturated heterocycles. The first-order valence-electron chi connectivity index (χ1n) is 5.73. The molecule has 0 aromatic heterocycles. The van der Waals surface area contributed by atoms with Crippen LogP contribution in [0, 0.1) is 19.8 Å². The van der Waals surface area contributed by atoms with E-state index in [0.29, 0.717) is 5.92 Å². The highest BCUT2D eigenvalue weighted by atomic mass is 15.2. The molecule has 1 fully saturated rings. The van der Waals surface area contributed by atoms with Crippen LogP contribution in [0.15, 0.2) is 18.2 Å². The molecule has 1 aliphatic heterocycles. The molecule has 1 atom stereocenters. The Morgan fingerprint density at radius 2 is 2.20 bits per heavy atom. The van der Waals surface area contributed by atoms with Crippen LogP contribution in [0.1, 0.15) is 17.5 Å². The Hall–Kier alpha value is -1.02. The first-order valence-corrected chi connectivity index (χ1v) is 5.73. The van der Waals surface area contributed by atoms with Crippen molar-refractivity contribution in [3.8, 4) is 0 Å². The number of nitrogens with zero attached hydrogens (tertiary/aromatic N) is 1. The van der Waals surface area contributed by atoms with Gasteiger partial charge in [0.25, 0.3) is 0 Å². The molecule has 15 heavy (non-hydrogen) atoms. The number of benzene rings is 1. The van der Waals surface area contributed by atoms with Crippen molar-refractivity contribution in [3.05, 3.63) is 29.3 Å². The molecule has 1 unspecified atom stereocenters. The van der Waals surface area contributed by atoms with Crippen LogP contribution in [0.3, 0.4) is 0 Å². The Morgan fingerprint density at radius 1 is 1.40 bits per heavy atom. The second-order valence-corrected chi connectivity index (χ2v) is 4.63. The molecule has 2 N–H and O–H groups in total. The smallest absolute Gasteiger partial charge is 0.0398 e. The van der Waals surface area contributed by atoms with Crippen LogP contribution >= 0.6 is 0 Å². The summed E-state index contributed by atoms with van der Waals surface area (Å²) in [6, 6.07) is 6.67. The minimum atomic E-state index is 0.685. The average molecular weight is 204 g/mol. The highest BCUT2D eigenvalue weighted by Crippen LogP contribution is 2.27. The average Bonchev–Trinajstić information content (AvgIpc) is 2.70. The number of anilines is 1. The fourth-order valence-corrected chi connectivity index (χ4v) is 2.30. The maximum absolute atomic E-state index is 5.72. The molecular formula is C13H20N2. The van der Waals surface area contributed by atoms with Crippen molar-refractivity contribution in [3.63, 3.8) is 0 Å². The van der Waals surface area contributed by atoms with Gasteiger partial charge in [-0.3, -0.25) is 0 Å². The predicted molar refractivity (Wildman–Crippen MR) is 65.3 cm³/mol. The van der Waals surface area contributed by atoms with Gasteiger partial charge in [-0.05, 0) is 49.9 Å².